The first kappa shape index (κ1) is 19.9. The van der Waals surface area contributed by atoms with Crippen molar-refractivity contribution >= 4 is 28.6 Å². The zero-order chi connectivity index (χ0) is 19.3. The van der Waals surface area contributed by atoms with Crippen LogP contribution in [0.4, 0.5) is 10.1 Å². The smallest absolute Gasteiger partial charge is 0.145 e. The van der Waals surface area contributed by atoms with Crippen LogP contribution in [0.1, 0.15) is 30.5 Å². The van der Waals surface area contributed by atoms with Crippen molar-refractivity contribution in [2.45, 2.75) is 20.1 Å². The summed E-state index contributed by atoms with van der Waals surface area (Å²) >= 11 is 6.29. The van der Waals surface area contributed by atoms with Crippen LogP contribution in [0.15, 0.2) is 47.6 Å². The molecule has 6 heteroatoms. The van der Waals surface area contributed by atoms with Gasteiger partial charge in [-0.15, -0.1) is 0 Å². The van der Waals surface area contributed by atoms with E-state index in [9.17, 15) is 4.39 Å². The molecule has 0 saturated carbocycles. The molecule has 2 rings (SSSR count). The number of hydrogen-bond acceptors (Lipinski definition) is 4. The number of halogens is 2. The number of nitrogen functional groups attached to an aromatic ring is 1. The zero-order valence-corrected chi connectivity index (χ0v) is 16.1. The number of hydrogen-bond donors (Lipinski definition) is 2. The number of benzene rings is 2. The maximum absolute atomic E-state index is 13.4. The largest absolute Gasteiger partial charge is 0.398 e. The van der Waals surface area contributed by atoms with E-state index in [1.807, 2.05) is 33.2 Å². The van der Waals surface area contributed by atoms with E-state index in [4.69, 9.17) is 22.1 Å². The van der Waals surface area contributed by atoms with Crippen LogP contribution in [0.5, 0.6) is 0 Å². The Morgan fingerprint density at radius 1 is 1.27 bits per heavy atom. The standard InChI is InChI=1S/C20H23ClFN3O/c1-12(11-24-3)16-10-19(23)18(21)9-17(16)20(25-13(2)26-4)14-5-7-15(22)8-6-14/h5-11,13,24H,23H2,1-4H3/b12-11+,25-20-. The quantitative estimate of drug-likeness (QED) is 0.578. The summed E-state index contributed by atoms with van der Waals surface area (Å²) in [5, 5.41) is 3.45. The molecular formula is C20H23ClFN3O. The Morgan fingerprint density at radius 2 is 1.92 bits per heavy atom. The molecule has 3 N–H and O–H groups in total. The predicted octanol–water partition coefficient (Wildman–Crippen LogP) is 4.47. The summed E-state index contributed by atoms with van der Waals surface area (Å²) in [7, 11) is 3.41. The second-order valence-electron chi connectivity index (χ2n) is 5.85. The number of nitrogens with zero attached hydrogens (tertiary/aromatic N) is 1. The molecule has 2 aromatic carbocycles. The Balaban J connectivity index is 2.75. The van der Waals surface area contributed by atoms with Gasteiger partial charge in [-0.1, -0.05) is 11.6 Å². The average molecular weight is 376 g/mol. The lowest BCUT2D eigenvalue weighted by Crippen LogP contribution is -2.13. The van der Waals surface area contributed by atoms with Crippen molar-refractivity contribution in [2.24, 2.45) is 4.99 Å². The molecule has 0 aliphatic carbocycles. The van der Waals surface area contributed by atoms with E-state index in [1.165, 1.54) is 12.1 Å². The Labute approximate surface area is 158 Å². The molecule has 0 amide bonds. The van der Waals surface area contributed by atoms with Gasteiger partial charge in [0.25, 0.3) is 0 Å². The van der Waals surface area contributed by atoms with Crippen molar-refractivity contribution in [3.8, 4) is 0 Å². The Hall–Kier alpha value is -2.37. The second-order valence-corrected chi connectivity index (χ2v) is 6.26. The van der Waals surface area contributed by atoms with Crippen LogP contribution in [-0.4, -0.2) is 26.1 Å². The van der Waals surface area contributed by atoms with Gasteiger partial charge < -0.3 is 15.8 Å². The summed E-state index contributed by atoms with van der Waals surface area (Å²) < 4.78 is 18.7. The monoisotopic (exact) mass is 375 g/mol. The first-order chi connectivity index (χ1) is 12.4. The molecule has 1 unspecified atom stereocenters. The van der Waals surface area contributed by atoms with Crippen LogP contribution in [-0.2, 0) is 4.74 Å². The highest BCUT2D eigenvalue weighted by Crippen LogP contribution is 2.30. The van der Waals surface area contributed by atoms with Crippen molar-refractivity contribution in [1.82, 2.24) is 5.32 Å². The normalized spacial score (nSPS) is 13.6. The van der Waals surface area contributed by atoms with Gasteiger partial charge in [0.15, 0.2) is 0 Å². The molecule has 0 bridgehead atoms. The molecule has 0 aliphatic heterocycles. The van der Waals surface area contributed by atoms with E-state index >= 15 is 0 Å². The molecule has 0 saturated heterocycles. The summed E-state index contributed by atoms with van der Waals surface area (Å²) in [4.78, 5) is 4.66. The molecule has 0 spiro atoms. The van der Waals surface area contributed by atoms with Crippen molar-refractivity contribution in [2.75, 3.05) is 19.9 Å². The number of nitrogens with one attached hydrogen (secondary N) is 1. The second kappa shape index (κ2) is 8.83. The lowest BCUT2D eigenvalue weighted by molar-refractivity contribution is 0.126. The van der Waals surface area contributed by atoms with Gasteiger partial charge in [-0.25, -0.2) is 4.39 Å². The summed E-state index contributed by atoms with van der Waals surface area (Å²) in [6, 6.07) is 9.76. The summed E-state index contributed by atoms with van der Waals surface area (Å²) in [5.74, 6) is -0.310. The number of allylic oxidation sites excluding steroid dienone is 1. The fraction of sp³-hybridized carbons (Fsp3) is 0.250. The highest BCUT2D eigenvalue weighted by atomic mass is 35.5. The van der Waals surface area contributed by atoms with Gasteiger partial charge in [-0.05, 0) is 67.6 Å². The molecule has 0 fully saturated rings. The lowest BCUT2D eigenvalue weighted by atomic mass is 9.93. The molecule has 138 valence electrons. The minimum Gasteiger partial charge on any atom is -0.398 e. The van der Waals surface area contributed by atoms with E-state index in [-0.39, 0.29) is 12.0 Å². The number of aliphatic imine (C=N–C) groups is 1. The third kappa shape index (κ3) is 4.62. The van der Waals surface area contributed by atoms with Gasteiger partial charge >= 0.3 is 0 Å². The van der Waals surface area contributed by atoms with Crippen LogP contribution >= 0.6 is 11.6 Å². The first-order valence-electron chi connectivity index (χ1n) is 8.17. The van der Waals surface area contributed by atoms with Crippen LogP contribution in [0, 0.1) is 5.82 Å². The number of ether oxygens (including phenoxy) is 1. The van der Waals surface area contributed by atoms with Gasteiger partial charge in [0, 0.05) is 25.3 Å². The molecule has 26 heavy (non-hydrogen) atoms. The molecule has 0 aromatic heterocycles. The number of nitrogens with two attached hydrogens (primary N) is 1. The fourth-order valence-corrected chi connectivity index (χ4v) is 2.71. The van der Waals surface area contributed by atoms with Crippen molar-refractivity contribution in [1.29, 1.82) is 0 Å². The van der Waals surface area contributed by atoms with Gasteiger partial charge in [0.2, 0.25) is 0 Å². The maximum Gasteiger partial charge on any atom is 0.145 e. The van der Waals surface area contributed by atoms with Gasteiger partial charge in [0.05, 0.1) is 16.4 Å². The first-order valence-corrected chi connectivity index (χ1v) is 8.55. The summed E-state index contributed by atoms with van der Waals surface area (Å²) in [5.41, 5.74) is 10.5. The van der Waals surface area contributed by atoms with E-state index in [0.717, 1.165) is 22.3 Å². The third-order valence-corrected chi connectivity index (χ3v) is 4.27. The zero-order valence-electron chi connectivity index (χ0n) is 15.3. The van der Waals surface area contributed by atoms with Crippen molar-refractivity contribution < 1.29 is 9.13 Å². The molecule has 0 aliphatic rings. The van der Waals surface area contributed by atoms with Gasteiger partial charge in [0.1, 0.15) is 12.0 Å². The number of rotatable bonds is 6. The maximum atomic E-state index is 13.4. The highest BCUT2D eigenvalue weighted by Gasteiger charge is 2.17. The van der Waals surface area contributed by atoms with E-state index in [1.54, 1.807) is 25.3 Å². The topological polar surface area (TPSA) is 59.6 Å². The van der Waals surface area contributed by atoms with Crippen molar-refractivity contribution in [3.05, 3.63) is 70.1 Å². The van der Waals surface area contributed by atoms with Crippen LogP contribution in [0.2, 0.25) is 5.02 Å². The Bertz CT molecular complexity index is 832. The molecule has 0 heterocycles. The molecule has 4 nitrogen and oxygen atoms in total. The Kier molecular flexibility index (Phi) is 6.77. The van der Waals surface area contributed by atoms with E-state index in [2.05, 4.69) is 10.3 Å². The Morgan fingerprint density at radius 3 is 2.50 bits per heavy atom. The van der Waals surface area contributed by atoms with Crippen LogP contribution in [0.25, 0.3) is 5.57 Å². The molecular weight excluding hydrogens is 353 g/mol. The van der Waals surface area contributed by atoms with Gasteiger partial charge in [-0.3, -0.25) is 4.99 Å². The van der Waals surface area contributed by atoms with Crippen LogP contribution < -0.4 is 11.1 Å². The highest BCUT2D eigenvalue weighted by molar-refractivity contribution is 6.34. The predicted molar refractivity (Wildman–Crippen MR) is 107 cm³/mol. The van der Waals surface area contributed by atoms with Crippen molar-refractivity contribution in [3.63, 3.8) is 0 Å². The molecule has 0 radical (unpaired) electrons. The number of anilines is 1. The molecule has 1 atom stereocenters. The lowest BCUT2D eigenvalue weighted by Gasteiger charge is -2.17. The van der Waals surface area contributed by atoms with E-state index < -0.39 is 0 Å². The summed E-state index contributed by atoms with van der Waals surface area (Å²) in [6.45, 7) is 3.79. The SMILES string of the molecule is CN/C=C(\C)c1cc(N)c(Cl)cc1/C(=N\C(C)OC)c1ccc(F)cc1. The minimum atomic E-state index is -0.382. The number of methoxy groups -OCH3 is 1. The average Bonchev–Trinajstić information content (AvgIpc) is 2.62. The third-order valence-electron chi connectivity index (χ3n) is 3.95. The van der Waals surface area contributed by atoms with Crippen LogP contribution in [0.3, 0.4) is 0 Å². The van der Waals surface area contributed by atoms with Gasteiger partial charge in [-0.2, -0.15) is 0 Å². The minimum absolute atomic E-state index is 0.310. The summed E-state index contributed by atoms with van der Waals surface area (Å²) in [6.07, 6.45) is 1.49. The fourth-order valence-electron chi connectivity index (χ4n) is 2.55. The van der Waals surface area contributed by atoms with E-state index in [0.29, 0.717) is 16.4 Å². The molecule has 2 aromatic rings.